The molecule has 0 radical (unpaired) electrons. The third kappa shape index (κ3) is 3.43. The molecule has 1 N–H and O–H groups in total. The van der Waals surface area contributed by atoms with Gasteiger partial charge in [0.05, 0.1) is 13.0 Å². The molecule has 3 heteroatoms. The maximum absolute atomic E-state index is 12.6. The van der Waals surface area contributed by atoms with E-state index in [9.17, 15) is 4.79 Å². The summed E-state index contributed by atoms with van der Waals surface area (Å²) in [5.41, 5.74) is 1.43. The Balaban J connectivity index is 1.36. The maximum atomic E-state index is 12.6. The van der Waals surface area contributed by atoms with Gasteiger partial charge in [0.25, 0.3) is 0 Å². The Labute approximate surface area is 151 Å². The van der Waals surface area contributed by atoms with Gasteiger partial charge in [0.2, 0.25) is 5.91 Å². The van der Waals surface area contributed by atoms with Crippen molar-refractivity contribution in [3.8, 4) is 5.75 Å². The van der Waals surface area contributed by atoms with E-state index in [-0.39, 0.29) is 5.91 Å². The SMILES string of the molecule is CCOc1ccc(CC(=O)NC(C)C23CC4CC(CC(C4)C2)C3)cc1. The van der Waals surface area contributed by atoms with Gasteiger partial charge >= 0.3 is 0 Å². The van der Waals surface area contributed by atoms with E-state index in [4.69, 9.17) is 4.74 Å². The number of hydrogen-bond acceptors (Lipinski definition) is 2. The molecule has 0 heterocycles. The highest BCUT2D eigenvalue weighted by Crippen LogP contribution is 2.61. The van der Waals surface area contributed by atoms with Crippen LogP contribution in [0.25, 0.3) is 0 Å². The lowest BCUT2D eigenvalue weighted by Crippen LogP contribution is -2.56. The quantitative estimate of drug-likeness (QED) is 0.835. The van der Waals surface area contributed by atoms with Crippen LogP contribution >= 0.6 is 0 Å². The molecule has 0 saturated heterocycles. The van der Waals surface area contributed by atoms with Crippen molar-refractivity contribution >= 4 is 5.91 Å². The van der Waals surface area contributed by atoms with Crippen LogP contribution < -0.4 is 10.1 Å². The number of ether oxygens (including phenoxy) is 1. The van der Waals surface area contributed by atoms with E-state index < -0.39 is 0 Å². The summed E-state index contributed by atoms with van der Waals surface area (Å²) in [6.45, 7) is 4.90. The molecular formula is C22H31NO2. The molecule has 4 aliphatic rings. The number of amides is 1. The van der Waals surface area contributed by atoms with Crippen molar-refractivity contribution in [2.75, 3.05) is 6.61 Å². The van der Waals surface area contributed by atoms with E-state index in [1.807, 2.05) is 31.2 Å². The lowest BCUT2D eigenvalue weighted by atomic mass is 9.48. The molecule has 3 nitrogen and oxygen atoms in total. The van der Waals surface area contributed by atoms with Gasteiger partial charge in [-0.1, -0.05) is 12.1 Å². The highest BCUT2D eigenvalue weighted by atomic mass is 16.5. The summed E-state index contributed by atoms with van der Waals surface area (Å²) in [5, 5.41) is 3.35. The van der Waals surface area contributed by atoms with Crippen LogP contribution in [0.4, 0.5) is 0 Å². The van der Waals surface area contributed by atoms with E-state index >= 15 is 0 Å². The van der Waals surface area contributed by atoms with Gasteiger partial charge in [-0.3, -0.25) is 4.79 Å². The number of carbonyl (C=O) groups excluding carboxylic acids is 1. The first-order valence-corrected chi connectivity index (χ1v) is 10.1. The Hall–Kier alpha value is -1.51. The summed E-state index contributed by atoms with van der Waals surface area (Å²) in [4.78, 5) is 12.6. The number of nitrogens with one attached hydrogen (secondary N) is 1. The van der Waals surface area contributed by atoms with Crippen molar-refractivity contribution in [2.45, 2.75) is 64.8 Å². The minimum absolute atomic E-state index is 0.160. The molecule has 25 heavy (non-hydrogen) atoms. The van der Waals surface area contributed by atoms with Crippen LogP contribution in [0.1, 0.15) is 57.9 Å². The predicted octanol–water partition coefficient (Wildman–Crippen LogP) is 4.35. The zero-order valence-electron chi connectivity index (χ0n) is 15.6. The molecule has 1 aromatic carbocycles. The van der Waals surface area contributed by atoms with Crippen LogP contribution in [0.2, 0.25) is 0 Å². The van der Waals surface area contributed by atoms with Crippen LogP contribution in [0.3, 0.4) is 0 Å². The Kier molecular flexibility index (Phi) is 4.51. The third-order valence-electron chi connectivity index (χ3n) is 6.98. The first-order chi connectivity index (χ1) is 12.1. The first-order valence-electron chi connectivity index (χ1n) is 10.1. The zero-order chi connectivity index (χ0) is 17.4. The first kappa shape index (κ1) is 16.9. The minimum Gasteiger partial charge on any atom is -0.494 e. The molecule has 1 unspecified atom stereocenters. The fourth-order valence-electron chi connectivity index (χ4n) is 6.21. The Morgan fingerprint density at radius 1 is 1.12 bits per heavy atom. The molecule has 0 aromatic heterocycles. The molecule has 1 amide bonds. The smallest absolute Gasteiger partial charge is 0.224 e. The summed E-state index contributed by atoms with van der Waals surface area (Å²) in [7, 11) is 0. The van der Waals surface area contributed by atoms with E-state index in [2.05, 4.69) is 12.2 Å². The summed E-state index contributed by atoms with van der Waals surface area (Å²) < 4.78 is 5.47. The Morgan fingerprint density at radius 3 is 2.20 bits per heavy atom. The molecule has 136 valence electrons. The van der Waals surface area contributed by atoms with Crippen LogP contribution in [-0.4, -0.2) is 18.6 Å². The van der Waals surface area contributed by atoms with Gasteiger partial charge in [-0.05, 0) is 93.2 Å². The van der Waals surface area contributed by atoms with Gasteiger partial charge in [0, 0.05) is 6.04 Å². The summed E-state index contributed by atoms with van der Waals surface area (Å²) in [6.07, 6.45) is 8.82. The largest absolute Gasteiger partial charge is 0.494 e. The van der Waals surface area contributed by atoms with Crippen molar-refractivity contribution in [1.82, 2.24) is 5.32 Å². The van der Waals surface area contributed by atoms with Gasteiger partial charge in [0.1, 0.15) is 5.75 Å². The van der Waals surface area contributed by atoms with E-state index in [1.54, 1.807) is 0 Å². The van der Waals surface area contributed by atoms with Gasteiger partial charge in [0.15, 0.2) is 0 Å². The summed E-state index contributed by atoms with van der Waals surface area (Å²) >= 11 is 0. The standard InChI is InChI=1S/C22H31NO2/c1-3-25-20-6-4-16(5-7-20)11-21(24)23-15(2)22-12-17-8-18(13-22)10-19(9-17)14-22/h4-7,15,17-19H,3,8-14H2,1-2H3,(H,23,24). The second kappa shape index (κ2) is 6.66. The molecular weight excluding hydrogens is 310 g/mol. The Morgan fingerprint density at radius 2 is 1.68 bits per heavy atom. The van der Waals surface area contributed by atoms with E-state index in [1.165, 1.54) is 38.5 Å². The van der Waals surface area contributed by atoms with Gasteiger partial charge in [-0.25, -0.2) is 0 Å². The number of carbonyl (C=O) groups is 1. The Bertz CT molecular complexity index is 586. The lowest BCUT2D eigenvalue weighted by molar-refractivity contribution is -0.125. The summed E-state index contributed by atoms with van der Waals surface area (Å²) in [5.74, 6) is 3.81. The van der Waals surface area contributed by atoms with Crippen molar-refractivity contribution < 1.29 is 9.53 Å². The zero-order valence-corrected chi connectivity index (χ0v) is 15.6. The number of rotatable bonds is 6. The van der Waals surface area contributed by atoms with Crippen LogP contribution in [0.5, 0.6) is 5.75 Å². The molecule has 4 saturated carbocycles. The summed E-state index contributed by atoms with van der Waals surface area (Å²) in [6, 6.07) is 8.21. The molecule has 1 atom stereocenters. The fraction of sp³-hybridized carbons (Fsp3) is 0.682. The molecule has 0 aliphatic heterocycles. The van der Waals surface area contributed by atoms with Gasteiger partial charge in [-0.2, -0.15) is 0 Å². The second-order valence-electron chi connectivity index (χ2n) is 8.82. The highest BCUT2D eigenvalue weighted by Gasteiger charge is 2.53. The fourth-order valence-corrected chi connectivity index (χ4v) is 6.21. The third-order valence-corrected chi connectivity index (χ3v) is 6.98. The number of benzene rings is 1. The average molecular weight is 341 g/mol. The van der Waals surface area contributed by atoms with Gasteiger partial charge in [-0.15, -0.1) is 0 Å². The molecule has 4 bridgehead atoms. The molecule has 0 spiro atoms. The van der Waals surface area contributed by atoms with Crippen LogP contribution in [-0.2, 0) is 11.2 Å². The predicted molar refractivity (Wildman–Crippen MR) is 99.5 cm³/mol. The van der Waals surface area contributed by atoms with E-state index in [0.29, 0.717) is 24.5 Å². The lowest BCUT2D eigenvalue weighted by Gasteiger charge is -2.59. The monoisotopic (exact) mass is 341 g/mol. The number of hydrogen-bond donors (Lipinski definition) is 1. The highest BCUT2D eigenvalue weighted by molar-refractivity contribution is 5.79. The molecule has 4 fully saturated rings. The van der Waals surface area contributed by atoms with Crippen molar-refractivity contribution in [1.29, 1.82) is 0 Å². The van der Waals surface area contributed by atoms with Crippen molar-refractivity contribution in [2.24, 2.45) is 23.2 Å². The minimum atomic E-state index is 0.160. The van der Waals surface area contributed by atoms with Gasteiger partial charge < -0.3 is 10.1 Å². The van der Waals surface area contributed by atoms with Crippen LogP contribution in [0, 0.1) is 23.2 Å². The van der Waals surface area contributed by atoms with Crippen LogP contribution in [0.15, 0.2) is 24.3 Å². The molecule has 4 aliphatic carbocycles. The van der Waals surface area contributed by atoms with Crippen molar-refractivity contribution in [3.05, 3.63) is 29.8 Å². The molecule has 1 aromatic rings. The second-order valence-corrected chi connectivity index (χ2v) is 8.82. The average Bonchev–Trinajstić information content (AvgIpc) is 2.55. The topological polar surface area (TPSA) is 38.3 Å². The van der Waals surface area contributed by atoms with Crippen molar-refractivity contribution in [3.63, 3.8) is 0 Å². The normalized spacial score (nSPS) is 33.9. The maximum Gasteiger partial charge on any atom is 0.224 e. The molecule has 5 rings (SSSR count). The van der Waals surface area contributed by atoms with E-state index in [0.717, 1.165) is 29.1 Å².